The average Bonchev–Trinajstić information content (AvgIpc) is 2.77. The SMILES string of the molecule is O=C(C(=C=C(O)c1ccccc1)[n+]1ccc2ccccc2c1)c1ccccc1. The summed E-state index contributed by atoms with van der Waals surface area (Å²) in [5.74, 6) is -0.302. The van der Waals surface area contributed by atoms with Crippen LogP contribution in [0.15, 0.2) is 109 Å². The van der Waals surface area contributed by atoms with Crippen molar-refractivity contribution in [2.75, 3.05) is 0 Å². The molecule has 1 heterocycles. The average molecular weight is 364 g/mol. The molecule has 0 aliphatic heterocycles. The molecule has 0 fully saturated rings. The van der Waals surface area contributed by atoms with Crippen LogP contribution in [0.4, 0.5) is 0 Å². The van der Waals surface area contributed by atoms with Crippen LogP contribution in [0, 0.1) is 0 Å². The molecular weight excluding hydrogens is 346 g/mol. The molecule has 0 saturated heterocycles. The van der Waals surface area contributed by atoms with E-state index in [4.69, 9.17) is 0 Å². The fraction of sp³-hybridized carbons (Fsp3) is 0. The lowest BCUT2D eigenvalue weighted by Gasteiger charge is -2.02. The molecule has 4 aromatic rings. The first kappa shape index (κ1) is 17.5. The molecule has 0 bridgehead atoms. The van der Waals surface area contributed by atoms with Gasteiger partial charge < -0.3 is 5.11 Å². The Kier molecular flexibility index (Phi) is 4.83. The van der Waals surface area contributed by atoms with Gasteiger partial charge in [0.05, 0.1) is 0 Å². The number of carbonyl (C=O) groups excluding carboxylic acids is 1. The first-order valence-electron chi connectivity index (χ1n) is 8.98. The Morgan fingerprint density at radius 1 is 0.714 bits per heavy atom. The number of nitrogens with zero attached hydrogens (tertiary/aromatic N) is 1. The van der Waals surface area contributed by atoms with Gasteiger partial charge in [-0.2, -0.15) is 4.57 Å². The van der Waals surface area contributed by atoms with Gasteiger partial charge in [-0.15, -0.1) is 0 Å². The van der Waals surface area contributed by atoms with Crippen molar-refractivity contribution in [3.05, 3.63) is 120 Å². The summed E-state index contributed by atoms with van der Waals surface area (Å²) in [7, 11) is 0. The number of hydrogen-bond acceptors (Lipinski definition) is 2. The van der Waals surface area contributed by atoms with Crippen LogP contribution in [-0.2, 0) is 0 Å². The summed E-state index contributed by atoms with van der Waals surface area (Å²) in [5, 5.41) is 12.6. The third-order valence-electron chi connectivity index (χ3n) is 4.48. The molecule has 3 nitrogen and oxygen atoms in total. The summed E-state index contributed by atoms with van der Waals surface area (Å²) in [4.78, 5) is 13.2. The molecule has 4 rings (SSSR count). The van der Waals surface area contributed by atoms with Crippen LogP contribution in [0.2, 0.25) is 0 Å². The molecule has 3 heteroatoms. The summed E-state index contributed by atoms with van der Waals surface area (Å²) in [6.45, 7) is 0. The van der Waals surface area contributed by atoms with Crippen molar-refractivity contribution in [2.24, 2.45) is 0 Å². The van der Waals surface area contributed by atoms with E-state index in [9.17, 15) is 9.90 Å². The van der Waals surface area contributed by atoms with Gasteiger partial charge in [-0.3, -0.25) is 4.79 Å². The maximum Gasteiger partial charge on any atom is 0.306 e. The van der Waals surface area contributed by atoms with Gasteiger partial charge in [0.1, 0.15) is 0 Å². The zero-order valence-electron chi connectivity index (χ0n) is 15.1. The van der Waals surface area contributed by atoms with E-state index >= 15 is 0 Å². The van der Waals surface area contributed by atoms with Gasteiger partial charge in [-0.25, -0.2) is 0 Å². The quantitative estimate of drug-likeness (QED) is 0.181. The minimum atomic E-state index is -0.219. The lowest BCUT2D eigenvalue weighted by molar-refractivity contribution is -0.575. The topological polar surface area (TPSA) is 41.2 Å². The number of ketones is 1. The molecule has 0 aliphatic carbocycles. The fourth-order valence-electron chi connectivity index (χ4n) is 3.02. The van der Waals surface area contributed by atoms with Gasteiger partial charge >= 0.3 is 5.70 Å². The van der Waals surface area contributed by atoms with Gasteiger partial charge in [0.2, 0.25) is 0 Å². The lowest BCUT2D eigenvalue weighted by atomic mass is 10.1. The van der Waals surface area contributed by atoms with Crippen molar-refractivity contribution in [1.82, 2.24) is 0 Å². The Balaban J connectivity index is 1.93. The molecular formula is C25H18NO2+. The number of allylic oxidation sites excluding steroid dienone is 1. The second kappa shape index (κ2) is 7.75. The molecule has 0 spiro atoms. The maximum absolute atomic E-state index is 13.2. The molecule has 28 heavy (non-hydrogen) atoms. The van der Waals surface area contributed by atoms with Crippen molar-refractivity contribution < 1.29 is 14.5 Å². The van der Waals surface area contributed by atoms with Gasteiger partial charge in [-0.05, 0) is 11.5 Å². The van der Waals surface area contributed by atoms with Gasteiger partial charge in [0.25, 0.3) is 5.78 Å². The number of fused-ring (bicyclic) bond motifs is 1. The summed E-state index contributed by atoms with van der Waals surface area (Å²) >= 11 is 0. The number of benzene rings is 3. The minimum absolute atomic E-state index is 0.0828. The summed E-state index contributed by atoms with van der Waals surface area (Å²) in [6.07, 6.45) is 3.68. The highest BCUT2D eigenvalue weighted by atomic mass is 16.3. The Morgan fingerprint density at radius 3 is 1.96 bits per heavy atom. The van der Waals surface area contributed by atoms with E-state index in [0.717, 1.165) is 10.8 Å². The second-order valence-corrected chi connectivity index (χ2v) is 6.36. The Labute approximate surface area is 163 Å². The molecule has 0 saturated carbocycles. The van der Waals surface area contributed by atoms with Gasteiger partial charge in [0, 0.05) is 28.3 Å². The molecule has 0 amide bonds. The zero-order chi connectivity index (χ0) is 19.3. The van der Waals surface area contributed by atoms with Crippen LogP contribution in [0.5, 0.6) is 0 Å². The van der Waals surface area contributed by atoms with Crippen molar-refractivity contribution in [2.45, 2.75) is 0 Å². The van der Waals surface area contributed by atoms with E-state index in [1.54, 1.807) is 28.8 Å². The first-order chi connectivity index (χ1) is 13.7. The fourth-order valence-corrected chi connectivity index (χ4v) is 3.02. The molecule has 0 aliphatic rings. The Bertz CT molecular complexity index is 1210. The number of aliphatic hydroxyl groups excluding tert-OH is 1. The Morgan fingerprint density at radius 2 is 1.29 bits per heavy atom. The van der Waals surface area contributed by atoms with Crippen LogP contribution >= 0.6 is 0 Å². The van der Waals surface area contributed by atoms with Crippen molar-refractivity contribution >= 4 is 28.0 Å². The van der Waals surface area contributed by atoms with E-state index in [2.05, 4.69) is 5.73 Å². The second-order valence-electron chi connectivity index (χ2n) is 6.36. The van der Waals surface area contributed by atoms with Crippen LogP contribution in [0.25, 0.3) is 22.2 Å². The van der Waals surface area contributed by atoms with Crippen LogP contribution < -0.4 is 4.57 Å². The zero-order valence-corrected chi connectivity index (χ0v) is 15.1. The molecule has 0 atom stereocenters. The number of pyridine rings is 1. The van der Waals surface area contributed by atoms with Gasteiger partial charge in [-0.1, -0.05) is 78.9 Å². The normalized spacial score (nSPS) is 10.3. The number of rotatable bonds is 4. The summed E-state index contributed by atoms with van der Waals surface area (Å²) < 4.78 is 1.71. The molecule has 0 radical (unpaired) electrons. The number of carbonyl (C=O) groups is 1. The monoisotopic (exact) mass is 364 g/mol. The molecule has 1 N–H and O–H groups in total. The highest BCUT2D eigenvalue weighted by molar-refractivity contribution is 6.21. The van der Waals surface area contributed by atoms with Crippen molar-refractivity contribution in [3.63, 3.8) is 0 Å². The van der Waals surface area contributed by atoms with E-state index in [0.29, 0.717) is 11.1 Å². The predicted molar refractivity (Wildman–Crippen MR) is 111 cm³/mol. The predicted octanol–water partition coefficient (Wildman–Crippen LogP) is 5.05. The molecule has 134 valence electrons. The molecule has 0 unspecified atom stereocenters. The van der Waals surface area contributed by atoms with Crippen LogP contribution in [0.3, 0.4) is 0 Å². The largest absolute Gasteiger partial charge is 0.501 e. The van der Waals surface area contributed by atoms with Gasteiger partial charge in [0.15, 0.2) is 18.2 Å². The third kappa shape index (κ3) is 3.61. The molecule has 3 aromatic carbocycles. The van der Waals surface area contributed by atoms with E-state index in [1.165, 1.54) is 0 Å². The highest BCUT2D eigenvalue weighted by Crippen LogP contribution is 2.15. The van der Waals surface area contributed by atoms with E-state index in [1.807, 2.05) is 79.1 Å². The lowest BCUT2D eigenvalue weighted by Crippen LogP contribution is -2.35. The van der Waals surface area contributed by atoms with E-state index < -0.39 is 0 Å². The summed E-state index contributed by atoms with van der Waals surface area (Å²) in [5.41, 5.74) is 4.30. The number of Topliss-reactive ketones (excluding diaryl/α,β-unsaturated/α-hetero) is 1. The summed E-state index contributed by atoms with van der Waals surface area (Å²) in [6, 6.07) is 27.9. The Hall–Kier alpha value is -3.94. The van der Waals surface area contributed by atoms with Crippen molar-refractivity contribution in [3.8, 4) is 0 Å². The first-order valence-corrected chi connectivity index (χ1v) is 8.98. The third-order valence-corrected chi connectivity index (χ3v) is 4.48. The molecule has 1 aromatic heterocycles. The van der Waals surface area contributed by atoms with E-state index in [-0.39, 0.29) is 17.2 Å². The number of aliphatic hydroxyl groups is 1. The number of hydrogen-bond donors (Lipinski definition) is 1. The highest BCUT2D eigenvalue weighted by Gasteiger charge is 2.22. The van der Waals surface area contributed by atoms with Crippen LogP contribution in [-0.4, -0.2) is 10.9 Å². The standard InChI is InChI=1S/C25H17NO2/c27-24(20-10-3-1-4-11-20)17-23(25(28)21-12-5-2-6-13-21)26-16-15-19-9-7-8-14-22(19)18-26/h1-16,18H/p+1. The maximum atomic E-state index is 13.2. The van der Waals surface area contributed by atoms with Crippen molar-refractivity contribution in [1.29, 1.82) is 0 Å². The minimum Gasteiger partial charge on any atom is -0.501 e. The number of aromatic nitrogens is 1. The smallest absolute Gasteiger partial charge is 0.306 e. The van der Waals surface area contributed by atoms with Crippen LogP contribution in [0.1, 0.15) is 15.9 Å².